The number of anilines is 2. The van der Waals surface area contributed by atoms with Crippen LogP contribution in [0.1, 0.15) is 34.1 Å². The topological polar surface area (TPSA) is 50.5 Å². The summed E-state index contributed by atoms with van der Waals surface area (Å²) >= 11 is 0. The first-order valence-electron chi connectivity index (χ1n) is 8.00. The lowest BCUT2D eigenvalue weighted by atomic mass is 10.1. The van der Waals surface area contributed by atoms with Crippen LogP contribution in [0, 0.1) is 5.92 Å². The lowest BCUT2D eigenvalue weighted by molar-refractivity contribution is 0.244. The molecule has 0 radical (unpaired) electrons. The second kappa shape index (κ2) is 7.03. The van der Waals surface area contributed by atoms with Gasteiger partial charge >= 0.3 is 0 Å². The lowest BCUT2D eigenvalue weighted by Gasteiger charge is -2.21. The molecule has 0 aliphatic carbocycles. The SMILES string of the molecule is CC(C)Oc1cccc(NCC2CCN(C(C)C)C2)c1N. The third kappa shape index (κ3) is 4.27. The molecule has 1 aliphatic rings. The molecule has 0 spiro atoms. The average molecular weight is 291 g/mol. The second-order valence-corrected chi connectivity index (χ2v) is 6.51. The van der Waals surface area contributed by atoms with E-state index in [1.54, 1.807) is 0 Å². The summed E-state index contributed by atoms with van der Waals surface area (Å²) in [4.78, 5) is 2.54. The molecule has 1 aliphatic heterocycles. The predicted octanol–water partition coefficient (Wildman–Crippen LogP) is 3.20. The number of hydrogen-bond donors (Lipinski definition) is 2. The van der Waals surface area contributed by atoms with Crippen molar-refractivity contribution in [2.75, 3.05) is 30.7 Å². The van der Waals surface area contributed by atoms with Gasteiger partial charge in [-0.15, -0.1) is 0 Å². The van der Waals surface area contributed by atoms with E-state index in [0.29, 0.717) is 17.6 Å². The minimum absolute atomic E-state index is 0.136. The van der Waals surface area contributed by atoms with Crippen molar-refractivity contribution in [2.45, 2.75) is 46.3 Å². The molecule has 0 saturated carbocycles. The fraction of sp³-hybridized carbons (Fsp3) is 0.647. The molecule has 0 aromatic heterocycles. The molecule has 1 fully saturated rings. The van der Waals surface area contributed by atoms with E-state index in [0.717, 1.165) is 18.0 Å². The van der Waals surface area contributed by atoms with Crippen LogP contribution in [0.5, 0.6) is 5.75 Å². The normalized spacial score (nSPS) is 19.4. The van der Waals surface area contributed by atoms with Crippen LogP contribution in [0.15, 0.2) is 18.2 Å². The Labute approximate surface area is 128 Å². The first-order valence-corrected chi connectivity index (χ1v) is 8.00. The first kappa shape index (κ1) is 16.0. The van der Waals surface area contributed by atoms with Gasteiger partial charge in [0, 0.05) is 19.1 Å². The lowest BCUT2D eigenvalue weighted by Crippen LogP contribution is -2.29. The Bertz CT molecular complexity index is 459. The molecule has 0 bridgehead atoms. The summed E-state index contributed by atoms with van der Waals surface area (Å²) in [5, 5.41) is 3.50. The molecule has 1 unspecified atom stereocenters. The van der Waals surface area contributed by atoms with Crippen LogP contribution < -0.4 is 15.8 Å². The summed E-state index contributed by atoms with van der Waals surface area (Å²) in [6.07, 6.45) is 1.39. The summed E-state index contributed by atoms with van der Waals surface area (Å²) in [5.41, 5.74) is 7.89. The Morgan fingerprint density at radius 1 is 1.33 bits per heavy atom. The smallest absolute Gasteiger partial charge is 0.144 e. The molecular weight excluding hydrogens is 262 g/mol. The summed E-state index contributed by atoms with van der Waals surface area (Å²) in [7, 11) is 0. The highest BCUT2D eigenvalue weighted by Crippen LogP contribution is 2.30. The Morgan fingerprint density at radius 2 is 2.10 bits per heavy atom. The van der Waals surface area contributed by atoms with Gasteiger partial charge < -0.3 is 20.7 Å². The Kier molecular flexibility index (Phi) is 5.34. The number of ether oxygens (including phenoxy) is 1. The molecule has 118 valence electrons. The molecule has 1 aromatic carbocycles. The molecule has 1 aromatic rings. The van der Waals surface area contributed by atoms with Gasteiger partial charge in [0.1, 0.15) is 5.75 Å². The molecule has 4 nitrogen and oxygen atoms in total. The van der Waals surface area contributed by atoms with E-state index in [-0.39, 0.29) is 6.10 Å². The van der Waals surface area contributed by atoms with Crippen LogP contribution in [0.3, 0.4) is 0 Å². The molecular formula is C17H29N3O. The minimum atomic E-state index is 0.136. The fourth-order valence-corrected chi connectivity index (χ4v) is 2.81. The van der Waals surface area contributed by atoms with Gasteiger partial charge in [0.2, 0.25) is 0 Å². The highest BCUT2D eigenvalue weighted by molar-refractivity contribution is 5.72. The van der Waals surface area contributed by atoms with Crippen molar-refractivity contribution in [1.82, 2.24) is 4.90 Å². The third-order valence-corrected chi connectivity index (χ3v) is 4.06. The van der Waals surface area contributed by atoms with Crippen molar-refractivity contribution in [3.63, 3.8) is 0 Å². The summed E-state index contributed by atoms with van der Waals surface area (Å²) in [5.74, 6) is 1.46. The quantitative estimate of drug-likeness (QED) is 0.790. The Balaban J connectivity index is 1.92. The number of hydrogen-bond acceptors (Lipinski definition) is 4. The standard InChI is InChI=1S/C17H29N3O/c1-12(2)20-9-8-14(11-20)10-19-15-6-5-7-16(17(15)18)21-13(3)4/h5-7,12-14,19H,8-11,18H2,1-4H3. The van der Waals surface area contributed by atoms with Gasteiger partial charge in [-0.2, -0.15) is 0 Å². The van der Waals surface area contributed by atoms with Crippen molar-refractivity contribution >= 4 is 11.4 Å². The maximum Gasteiger partial charge on any atom is 0.144 e. The molecule has 21 heavy (non-hydrogen) atoms. The van der Waals surface area contributed by atoms with E-state index in [4.69, 9.17) is 10.5 Å². The van der Waals surface area contributed by atoms with Gasteiger partial charge in [-0.1, -0.05) is 6.07 Å². The van der Waals surface area contributed by atoms with Crippen LogP contribution in [0.4, 0.5) is 11.4 Å². The van der Waals surface area contributed by atoms with Crippen molar-refractivity contribution in [3.8, 4) is 5.75 Å². The number of likely N-dealkylation sites (tertiary alicyclic amines) is 1. The number of rotatable bonds is 6. The van der Waals surface area contributed by atoms with Crippen LogP contribution >= 0.6 is 0 Å². The largest absolute Gasteiger partial charge is 0.489 e. The van der Waals surface area contributed by atoms with Crippen molar-refractivity contribution < 1.29 is 4.74 Å². The van der Waals surface area contributed by atoms with E-state index in [9.17, 15) is 0 Å². The molecule has 4 heteroatoms. The van der Waals surface area contributed by atoms with E-state index in [1.807, 2.05) is 32.0 Å². The summed E-state index contributed by atoms with van der Waals surface area (Å²) in [6.45, 7) is 11.9. The number of benzene rings is 1. The molecule has 1 atom stereocenters. The van der Waals surface area contributed by atoms with Gasteiger partial charge in [-0.05, 0) is 58.7 Å². The average Bonchev–Trinajstić information content (AvgIpc) is 2.88. The Morgan fingerprint density at radius 3 is 2.71 bits per heavy atom. The summed E-state index contributed by atoms with van der Waals surface area (Å²) < 4.78 is 5.73. The maximum absolute atomic E-state index is 6.19. The molecule has 3 N–H and O–H groups in total. The molecule has 0 amide bonds. The highest BCUT2D eigenvalue weighted by atomic mass is 16.5. The molecule has 1 heterocycles. The Hall–Kier alpha value is -1.42. The zero-order valence-corrected chi connectivity index (χ0v) is 13.7. The van der Waals surface area contributed by atoms with Crippen molar-refractivity contribution in [1.29, 1.82) is 0 Å². The molecule has 1 saturated heterocycles. The maximum atomic E-state index is 6.19. The predicted molar refractivity (Wildman–Crippen MR) is 89.9 cm³/mol. The zero-order valence-electron chi connectivity index (χ0n) is 13.7. The number of nitrogens with one attached hydrogen (secondary N) is 1. The van der Waals surface area contributed by atoms with Crippen LogP contribution in [-0.4, -0.2) is 36.7 Å². The van der Waals surface area contributed by atoms with E-state index >= 15 is 0 Å². The van der Waals surface area contributed by atoms with Crippen LogP contribution in [-0.2, 0) is 0 Å². The second-order valence-electron chi connectivity index (χ2n) is 6.51. The van der Waals surface area contributed by atoms with Crippen molar-refractivity contribution in [3.05, 3.63) is 18.2 Å². The van der Waals surface area contributed by atoms with Gasteiger partial charge in [-0.3, -0.25) is 0 Å². The minimum Gasteiger partial charge on any atom is -0.489 e. The monoisotopic (exact) mass is 291 g/mol. The number of nitrogens with two attached hydrogens (primary N) is 1. The van der Waals surface area contributed by atoms with Gasteiger partial charge in [0.25, 0.3) is 0 Å². The number of para-hydroxylation sites is 1. The zero-order chi connectivity index (χ0) is 15.4. The van der Waals surface area contributed by atoms with Crippen LogP contribution in [0.25, 0.3) is 0 Å². The van der Waals surface area contributed by atoms with E-state index in [1.165, 1.54) is 19.5 Å². The van der Waals surface area contributed by atoms with Gasteiger partial charge in [0.05, 0.1) is 17.5 Å². The van der Waals surface area contributed by atoms with Crippen molar-refractivity contribution in [2.24, 2.45) is 5.92 Å². The van der Waals surface area contributed by atoms with Gasteiger partial charge in [-0.25, -0.2) is 0 Å². The number of nitrogen functional groups attached to an aromatic ring is 1. The molecule has 2 rings (SSSR count). The van der Waals surface area contributed by atoms with E-state index < -0.39 is 0 Å². The first-order chi connectivity index (χ1) is 9.97. The third-order valence-electron chi connectivity index (χ3n) is 4.06. The van der Waals surface area contributed by atoms with Crippen LogP contribution in [0.2, 0.25) is 0 Å². The fourth-order valence-electron chi connectivity index (χ4n) is 2.81. The summed E-state index contributed by atoms with van der Waals surface area (Å²) in [6, 6.07) is 6.59. The number of nitrogens with zero attached hydrogens (tertiary/aromatic N) is 1. The van der Waals surface area contributed by atoms with Gasteiger partial charge in [0.15, 0.2) is 0 Å². The highest BCUT2D eigenvalue weighted by Gasteiger charge is 2.24. The van der Waals surface area contributed by atoms with E-state index in [2.05, 4.69) is 24.1 Å².